The van der Waals surface area contributed by atoms with E-state index in [0.717, 1.165) is 12.8 Å². The molecular weight excluding hydrogens is 288 g/mol. The number of ether oxygens (including phenoxy) is 3. The monoisotopic (exact) mass is 318 g/mol. The third-order valence-corrected chi connectivity index (χ3v) is 2.69. The summed E-state index contributed by atoms with van der Waals surface area (Å²) >= 11 is 0. The summed E-state index contributed by atoms with van der Waals surface area (Å²) in [4.78, 5) is 21.6. The predicted molar refractivity (Wildman–Crippen MR) is 83.7 cm³/mol. The van der Waals surface area contributed by atoms with Gasteiger partial charge >= 0.3 is 0 Å². The van der Waals surface area contributed by atoms with Crippen molar-refractivity contribution in [1.29, 1.82) is 0 Å². The second kappa shape index (κ2) is 16.2. The molecule has 7 nitrogen and oxygen atoms in total. The molecule has 0 atom stereocenters. The summed E-state index contributed by atoms with van der Waals surface area (Å²) in [5.74, 6) is 0.0523. The van der Waals surface area contributed by atoms with E-state index in [0.29, 0.717) is 59.2 Å². The zero-order chi connectivity index (χ0) is 16.5. The van der Waals surface area contributed by atoms with Gasteiger partial charge < -0.3 is 24.8 Å². The lowest BCUT2D eigenvalue weighted by molar-refractivity contribution is -0.121. The molecule has 0 aromatic rings. The SMILES string of the molecule is CCC(=O)NCCCOCCOCCOCCCNC(C)=O. The first-order valence-electron chi connectivity index (χ1n) is 7.91. The Morgan fingerprint density at radius 2 is 1.23 bits per heavy atom. The van der Waals surface area contributed by atoms with Crippen molar-refractivity contribution in [3.8, 4) is 0 Å². The zero-order valence-electron chi connectivity index (χ0n) is 13.8. The Hall–Kier alpha value is -1.18. The van der Waals surface area contributed by atoms with Crippen molar-refractivity contribution in [3.05, 3.63) is 0 Å². The molecule has 0 unspecified atom stereocenters. The van der Waals surface area contributed by atoms with Crippen LogP contribution >= 0.6 is 0 Å². The highest BCUT2D eigenvalue weighted by Crippen LogP contribution is 1.86. The Balaban J connectivity index is 3.02. The maximum atomic E-state index is 11.0. The van der Waals surface area contributed by atoms with Crippen molar-refractivity contribution in [2.45, 2.75) is 33.1 Å². The highest BCUT2D eigenvalue weighted by Gasteiger charge is 1.96. The molecule has 0 aliphatic rings. The molecule has 0 fully saturated rings. The van der Waals surface area contributed by atoms with Crippen LogP contribution < -0.4 is 10.6 Å². The van der Waals surface area contributed by atoms with Gasteiger partial charge in [0, 0.05) is 39.6 Å². The van der Waals surface area contributed by atoms with Crippen molar-refractivity contribution in [2.24, 2.45) is 0 Å². The second-order valence-corrected chi connectivity index (χ2v) is 4.73. The lowest BCUT2D eigenvalue weighted by atomic mass is 10.4. The van der Waals surface area contributed by atoms with Gasteiger partial charge in [-0.25, -0.2) is 0 Å². The van der Waals surface area contributed by atoms with E-state index in [1.807, 2.05) is 6.92 Å². The van der Waals surface area contributed by atoms with Crippen molar-refractivity contribution in [2.75, 3.05) is 52.7 Å². The molecule has 0 saturated carbocycles. The second-order valence-electron chi connectivity index (χ2n) is 4.73. The first-order chi connectivity index (χ1) is 10.7. The van der Waals surface area contributed by atoms with Gasteiger partial charge in [0.25, 0.3) is 0 Å². The van der Waals surface area contributed by atoms with Crippen LogP contribution in [0.25, 0.3) is 0 Å². The maximum absolute atomic E-state index is 11.0. The van der Waals surface area contributed by atoms with Crippen LogP contribution in [-0.2, 0) is 23.8 Å². The van der Waals surface area contributed by atoms with Gasteiger partial charge in [-0.3, -0.25) is 9.59 Å². The molecule has 0 saturated heterocycles. The minimum Gasteiger partial charge on any atom is -0.379 e. The molecule has 0 bridgehead atoms. The number of carbonyl (C=O) groups is 2. The number of rotatable bonds is 15. The van der Waals surface area contributed by atoms with Crippen molar-refractivity contribution in [3.63, 3.8) is 0 Å². The Morgan fingerprint density at radius 3 is 1.68 bits per heavy atom. The van der Waals surface area contributed by atoms with E-state index < -0.39 is 0 Å². The number of amides is 2. The molecule has 0 rings (SSSR count). The van der Waals surface area contributed by atoms with E-state index in [1.54, 1.807) is 0 Å². The maximum Gasteiger partial charge on any atom is 0.219 e. The van der Waals surface area contributed by atoms with Gasteiger partial charge in [0.1, 0.15) is 0 Å². The van der Waals surface area contributed by atoms with Crippen molar-refractivity contribution >= 4 is 11.8 Å². The number of nitrogens with one attached hydrogen (secondary N) is 2. The van der Waals surface area contributed by atoms with Gasteiger partial charge in [-0.05, 0) is 12.8 Å². The Morgan fingerprint density at radius 1 is 0.773 bits per heavy atom. The fourth-order valence-corrected chi connectivity index (χ4v) is 1.51. The molecule has 0 aliphatic carbocycles. The highest BCUT2D eigenvalue weighted by atomic mass is 16.5. The smallest absolute Gasteiger partial charge is 0.219 e. The summed E-state index contributed by atoms with van der Waals surface area (Å²) in [5.41, 5.74) is 0. The predicted octanol–water partition coefficient (Wildman–Crippen LogP) is 0.479. The molecule has 7 heteroatoms. The van der Waals surface area contributed by atoms with Crippen LogP contribution in [0, 0.1) is 0 Å². The lowest BCUT2D eigenvalue weighted by Crippen LogP contribution is -2.24. The Kier molecular flexibility index (Phi) is 15.3. The average Bonchev–Trinajstić information content (AvgIpc) is 2.50. The fraction of sp³-hybridized carbons (Fsp3) is 0.867. The summed E-state index contributed by atoms with van der Waals surface area (Å²) in [6.07, 6.45) is 2.13. The minimum absolute atomic E-state index is 0.0175. The number of hydrogen-bond donors (Lipinski definition) is 2. The topological polar surface area (TPSA) is 85.9 Å². The third-order valence-electron chi connectivity index (χ3n) is 2.69. The zero-order valence-corrected chi connectivity index (χ0v) is 13.8. The number of carbonyl (C=O) groups excluding carboxylic acids is 2. The fourth-order valence-electron chi connectivity index (χ4n) is 1.51. The van der Waals surface area contributed by atoms with Crippen LogP contribution in [0.5, 0.6) is 0 Å². The molecule has 0 aliphatic heterocycles. The molecule has 0 spiro atoms. The van der Waals surface area contributed by atoms with Crippen LogP contribution in [0.4, 0.5) is 0 Å². The number of hydrogen-bond acceptors (Lipinski definition) is 5. The van der Waals surface area contributed by atoms with Gasteiger partial charge in [-0.1, -0.05) is 6.92 Å². The quantitative estimate of drug-likeness (QED) is 0.429. The van der Waals surface area contributed by atoms with E-state index in [-0.39, 0.29) is 11.8 Å². The van der Waals surface area contributed by atoms with Gasteiger partial charge in [0.2, 0.25) is 11.8 Å². The molecule has 0 radical (unpaired) electrons. The van der Waals surface area contributed by atoms with Crippen LogP contribution in [0.3, 0.4) is 0 Å². The van der Waals surface area contributed by atoms with E-state index in [4.69, 9.17) is 14.2 Å². The van der Waals surface area contributed by atoms with Gasteiger partial charge in [0.15, 0.2) is 0 Å². The summed E-state index contributed by atoms with van der Waals surface area (Å²) in [6.45, 7) is 8.02. The summed E-state index contributed by atoms with van der Waals surface area (Å²) < 4.78 is 16.1. The lowest BCUT2D eigenvalue weighted by Gasteiger charge is -2.07. The average molecular weight is 318 g/mol. The highest BCUT2D eigenvalue weighted by molar-refractivity contribution is 5.75. The van der Waals surface area contributed by atoms with E-state index >= 15 is 0 Å². The molecule has 2 amide bonds. The van der Waals surface area contributed by atoms with E-state index in [9.17, 15) is 9.59 Å². The Bertz CT molecular complexity index is 287. The van der Waals surface area contributed by atoms with Gasteiger partial charge in [-0.2, -0.15) is 0 Å². The molecule has 130 valence electrons. The Labute approximate surface area is 133 Å². The summed E-state index contributed by atoms with van der Waals surface area (Å²) in [5, 5.41) is 5.49. The molecule has 0 aromatic heterocycles. The van der Waals surface area contributed by atoms with Crippen LogP contribution in [0.2, 0.25) is 0 Å². The van der Waals surface area contributed by atoms with E-state index in [1.165, 1.54) is 6.92 Å². The van der Waals surface area contributed by atoms with Gasteiger partial charge in [0.05, 0.1) is 26.4 Å². The standard InChI is InChI=1S/C15H30N2O5/c1-3-15(19)17-7-5-9-21-11-13-22-12-10-20-8-4-6-16-14(2)18/h3-13H2,1-2H3,(H,16,18)(H,17,19). The first-order valence-corrected chi connectivity index (χ1v) is 7.91. The first kappa shape index (κ1) is 20.8. The minimum atomic E-state index is -0.0175. The van der Waals surface area contributed by atoms with Gasteiger partial charge in [-0.15, -0.1) is 0 Å². The van der Waals surface area contributed by atoms with Crippen LogP contribution in [0.1, 0.15) is 33.1 Å². The van der Waals surface area contributed by atoms with E-state index in [2.05, 4.69) is 10.6 Å². The third kappa shape index (κ3) is 16.9. The normalized spacial score (nSPS) is 10.5. The largest absolute Gasteiger partial charge is 0.379 e. The molecule has 0 heterocycles. The van der Waals surface area contributed by atoms with Crippen molar-refractivity contribution in [1.82, 2.24) is 10.6 Å². The summed E-state index contributed by atoms with van der Waals surface area (Å²) in [6, 6.07) is 0. The van der Waals surface area contributed by atoms with Crippen LogP contribution in [0.15, 0.2) is 0 Å². The van der Waals surface area contributed by atoms with Crippen LogP contribution in [-0.4, -0.2) is 64.5 Å². The molecule has 22 heavy (non-hydrogen) atoms. The summed E-state index contributed by atoms with van der Waals surface area (Å²) in [7, 11) is 0. The molecular formula is C15H30N2O5. The van der Waals surface area contributed by atoms with Crippen molar-refractivity contribution < 1.29 is 23.8 Å². The molecule has 2 N–H and O–H groups in total. The molecule has 0 aromatic carbocycles.